The summed E-state index contributed by atoms with van der Waals surface area (Å²) in [5.74, 6) is -0.217. The molecular formula is C48H87O10P. The van der Waals surface area contributed by atoms with Gasteiger partial charge in [0.05, 0.1) is 18.8 Å². The Balaban J connectivity index is 4.04. The van der Waals surface area contributed by atoms with Gasteiger partial charge in [-0.15, -0.1) is 0 Å². The van der Waals surface area contributed by atoms with Crippen LogP contribution in [0, 0.1) is 5.92 Å². The van der Waals surface area contributed by atoms with Crippen molar-refractivity contribution < 1.29 is 48.2 Å². The first-order valence-electron chi connectivity index (χ1n) is 23.5. The molecule has 0 aliphatic rings. The molecule has 59 heavy (non-hydrogen) atoms. The molecule has 0 amide bonds. The van der Waals surface area contributed by atoms with E-state index in [0.717, 1.165) is 50.9 Å². The average molecular weight is 855 g/mol. The summed E-state index contributed by atoms with van der Waals surface area (Å²) in [7, 11) is -4.81. The van der Waals surface area contributed by atoms with Gasteiger partial charge in [-0.05, 0) is 38.0 Å². The summed E-state index contributed by atoms with van der Waals surface area (Å²) in [6.07, 6.45) is 43.3. The van der Waals surface area contributed by atoms with E-state index in [9.17, 15) is 24.4 Å². The van der Waals surface area contributed by atoms with Crippen molar-refractivity contribution in [3.8, 4) is 0 Å². The molecule has 0 bridgehead atoms. The van der Waals surface area contributed by atoms with E-state index in [1.807, 2.05) is 30.4 Å². The van der Waals surface area contributed by atoms with Crippen LogP contribution < -0.4 is 0 Å². The smallest absolute Gasteiger partial charge is 0.462 e. The van der Waals surface area contributed by atoms with Gasteiger partial charge in [-0.2, -0.15) is 0 Å². The van der Waals surface area contributed by atoms with Gasteiger partial charge in [0, 0.05) is 12.8 Å². The third-order valence-corrected chi connectivity index (χ3v) is 11.1. The number of unbranched alkanes of at least 4 members (excludes halogenated alkanes) is 19. The zero-order valence-corrected chi connectivity index (χ0v) is 38.4. The quantitative estimate of drug-likeness (QED) is 0.0201. The lowest BCUT2D eigenvalue weighted by molar-refractivity contribution is -0.161. The molecule has 4 atom stereocenters. The van der Waals surface area contributed by atoms with Gasteiger partial charge in [-0.25, -0.2) is 4.57 Å². The van der Waals surface area contributed by atoms with Crippen molar-refractivity contribution in [1.29, 1.82) is 0 Å². The zero-order valence-electron chi connectivity index (χ0n) is 37.5. The summed E-state index contributed by atoms with van der Waals surface area (Å²) in [5.41, 5.74) is 0. The number of aliphatic hydroxyl groups is 2. The molecule has 0 aromatic rings. The topological polar surface area (TPSA) is 160 Å². The highest BCUT2D eigenvalue weighted by Crippen LogP contribution is 2.36. The fourth-order valence-electron chi connectivity index (χ4n) is 6.62. The lowest BCUT2D eigenvalue weighted by Crippen LogP contribution is -2.29. The van der Waals surface area contributed by atoms with E-state index in [4.69, 9.17) is 19.3 Å². The number of hydrogen-bond donors (Lipinski definition) is 4. The molecule has 0 saturated carbocycles. The number of phosphoric ester groups is 1. The first-order valence-corrected chi connectivity index (χ1v) is 25.1. The molecule has 11 heteroatoms. The van der Waals surface area contributed by atoms with Gasteiger partial charge in [-0.1, -0.05) is 211 Å². The number of hydrogen-bond acceptors (Lipinski definition) is 8. The van der Waals surface area contributed by atoms with Crippen LogP contribution in [-0.4, -0.2) is 63.5 Å². The molecule has 0 heterocycles. The third-order valence-electron chi connectivity index (χ3n) is 10.6. The number of aliphatic hydroxyl groups excluding tert-OH is 2. The van der Waals surface area contributed by atoms with E-state index in [1.165, 1.54) is 103 Å². The van der Waals surface area contributed by atoms with Gasteiger partial charge in [0.1, 0.15) is 6.61 Å². The minimum absolute atomic E-state index is 0.0193. The molecule has 0 spiro atoms. The van der Waals surface area contributed by atoms with Crippen LogP contribution in [0.3, 0.4) is 0 Å². The van der Waals surface area contributed by atoms with Crippen LogP contribution in [0.1, 0.15) is 207 Å². The van der Waals surface area contributed by atoms with Crippen molar-refractivity contribution in [2.24, 2.45) is 5.92 Å². The summed E-state index contributed by atoms with van der Waals surface area (Å²) in [4.78, 5) is 43.0. The van der Waals surface area contributed by atoms with E-state index in [1.54, 1.807) is 18.2 Å². The number of ether oxygens (including phenoxy) is 2. The second-order valence-electron chi connectivity index (χ2n) is 16.4. The van der Waals surface area contributed by atoms with Gasteiger partial charge < -0.3 is 29.5 Å². The molecule has 0 aromatic heterocycles. The number of esters is 2. The van der Waals surface area contributed by atoms with Crippen molar-refractivity contribution in [3.05, 3.63) is 48.6 Å². The minimum atomic E-state index is -4.81. The van der Waals surface area contributed by atoms with Gasteiger partial charge in [-0.3, -0.25) is 14.1 Å². The molecule has 4 N–H and O–H groups in total. The maximum atomic E-state index is 12.5. The van der Waals surface area contributed by atoms with E-state index in [2.05, 4.69) is 25.3 Å². The first kappa shape index (κ1) is 56.9. The third kappa shape index (κ3) is 43.8. The standard InChI is InChI=1S/C48H87O10P/c1-4-6-28-35-44(49)36-30-25-21-19-22-26-31-37-45(50)38-33-40-47(51)56-41-46(42-57-59(53,54)55)58-48(52)39-32-27-23-18-16-14-12-10-8-7-9-11-13-15-17-20-24-29-34-43(3)5-2/h21-22,25-26,30-31,36-37,43-46,49-50H,4-20,23-24,27-29,32-35,38-42H2,1-3H3,(H2,53,54,55)/b25-21-,26-22-,36-30+,37-31+/t43?,44-,45-,46+/m0/s1. The number of phosphoric acid groups is 1. The number of allylic oxidation sites excluding steroid dienone is 6. The Morgan fingerprint density at radius 2 is 1.00 bits per heavy atom. The van der Waals surface area contributed by atoms with Gasteiger partial charge in [0.2, 0.25) is 0 Å². The molecular weight excluding hydrogens is 767 g/mol. The molecule has 0 fully saturated rings. The van der Waals surface area contributed by atoms with Crippen molar-refractivity contribution in [2.45, 2.75) is 225 Å². The Morgan fingerprint density at radius 3 is 1.47 bits per heavy atom. The zero-order chi connectivity index (χ0) is 43.7. The molecule has 1 unspecified atom stereocenters. The van der Waals surface area contributed by atoms with Gasteiger partial charge in [0.15, 0.2) is 6.10 Å². The van der Waals surface area contributed by atoms with Crippen molar-refractivity contribution in [2.75, 3.05) is 13.2 Å². The van der Waals surface area contributed by atoms with Crippen LogP contribution in [0.5, 0.6) is 0 Å². The number of carbonyl (C=O) groups is 2. The highest BCUT2D eigenvalue weighted by atomic mass is 31.2. The molecule has 0 rings (SSSR count). The molecule has 0 saturated heterocycles. The Morgan fingerprint density at radius 1 is 0.559 bits per heavy atom. The van der Waals surface area contributed by atoms with E-state index >= 15 is 0 Å². The summed E-state index contributed by atoms with van der Waals surface area (Å²) >= 11 is 0. The van der Waals surface area contributed by atoms with Crippen LogP contribution in [0.15, 0.2) is 48.6 Å². The summed E-state index contributed by atoms with van der Waals surface area (Å²) in [6.45, 7) is 5.80. The Bertz CT molecular complexity index is 1150. The van der Waals surface area contributed by atoms with Crippen LogP contribution in [0.25, 0.3) is 0 Å². The molecule has 0 radical (unpaired) electrons. The van der Waals surface area contributed by atoms with E-state index < -0.39 is 44.7 Å². The number of rotatable bonds is 42. The monoisotopic (exact) mass is 855 g/mol. The maximum Gasteiger partial charge on any atom is 0.469 e. The molecule has 10 nitrogen and oxygen atoms in total. The normalized spacial score (nSPS) is 14.5. The second kappa shape index (κ2) is 41.3. The van der Waals surface area contributed by atoms with Gasteiger partial charge in [0.25, 0.3) is 0 Å². The average Bonchev–Trinajstić information content (AvgIpc) is 3.20. The van der Waals surface area contributed by atoms with Crippen LogP contribution in [-0.2, 0) is 28.2 Å². The first-order chi connectivity index (χ1) is 28.5. The van der Waals surface area contributed by atoms with Crippen LogP contribution >= 0.6 is 7.82 Å². The molecule has 344 valence electrons. The largest absolute Gasteiger partial charge is 0.469 e. The second-order valence-corrected chi connectivity index (χ2v) is 17.6. The fourth-order valence-corrected chi connectivity index (χ4v) is 6.98. The SMILES string of the molecule is CCCCC[C@H](O)/C=C/C=C\C/C=C\C=C\[C@H](O)CCCC(=O)OC[C@H](COP(=O)(O)O)OC(=O)CCCCCCCCCCCCCCCCCCCCC(C)CC. The number of carbonyl (C=O) groups excluding carboxylic acids is 2. The predicted octanol–water partition coefficient (Wildman–Crippen LogP) is 12.5. The Hall–Kier alpha value is -2.07. The van der Waals surface area contributed by atoms with Crippen molar-refractivity contribution in [3.63, 3.8) is 0 Å². The predicted molar refractivity (Wildman–Crippen MR) is 242 cm³/mol. The Kier molecular flexibility index (Phi) is 39.8. The molecule has 0 aliphatic heterocycles. The van der Waals surface area contributed by atoms with E-state index in [-0.39, 0.29) is 19.4 Å². The molecule has 0 aliphatic carbocycles. The summed E-state index contributed by atoms with van der Waals surface area (Å²) in [5, 5.41) is 20.1. The highest BCUT2D eigenvalue weighted by molar-refractivity contribution is 7.46. The minimum Gasteiger partial charge on any atom is -0.462 e. The van der Waals surface area contributed by atoms with Crippen LogP contribution in [0.4, 0.5) is 0 Å². The van der Waals surface area contributed by atoms with Crippen LogP contribution in [0.2, 0.25) is 0 Å². The summed E-state index contributed by atoms with van der Waals surface area (Å²) < 4.78 is 26.3. The lowest BCUT2D eigenvalue weighted by Gasteiger charge is -2.18. The lowest BCUT2D eigenvalue weighted by atomic mass is 9.99. The van der Waals surface area contributed by atoms with Gasteiger partial charge >= 0.3 is 19.8 Å². The van der Waals surface area contributed by atoms with Crippen molar-refractivity contribution >= 4 is 19.8 Å². The Labute approximate surface area is 360 Å². The highest BCUT2D eigenvalue weighted by Gasteiger charge is 2.23. The fraction of sp³-hybridized carbons (Fsp3) is 0.792. The molecule has 0 aromatic carbocycles. The maximum absolute atomic E-state index is 12.5. The van der Waals surface area contributed by atoms with Crippen molar-refractivity contribution in [1.82, 2.24) is 0 Å². The van der Waals surface area contributed by atoms with E-state index in [0.29, 0.717) is 25.7 Å². The summed E-state index contributed by atoms with van der Waals surface area (Å²) in [6, 6.07) is 0.